The number of rotatable bonds is 8. The summed E-state index contributed by atoms with van der Waals surface area (Å²) in [5.74, 6) is 0.265. The third kappa shape index (κ3) is 5.09. The summed E-state index contributed by atoms with van der Waals surface area (Å²) < 4.78 is 1.54. The maximum absolute atomic E-state index is 13.6. The number of nitro benzene ring substituents is 1. The third-order valence-electron chi connectivity index (χ3n) is 5.64. The van der Waals surface area contributed by atoms with E-state index < -0.39 is 4.92 Å². The predicted octanol–water partition coefficient (Wildman–Crippen LogP) is 5.07. The van der Waals surface area contributed by atoms with Crippen LogP contribution in [-0.2, 0) is 5.75 Å². The largest absolute Gasteiger partial charge is 0.339 e. The van der Waals surface area contributed by atoms with Crippen LogP contribution in [0.3, 0.4) is 0 Å². The number of aromatic nitrogens is 2. The van der Waals surface area contributed by atoms with Gasteiger partial charge in [0.25, 0.3) is 17.2 Å². The van der Waals surface area contributed by atoms with Crippen LogP contribution in [0.1, 0.15) is 29.8 Å². The zero-order chi connectivity index (χ0) is 24.9. The minimum Gasteiger partial charge on any atom is -0.339 e. The highest BCUT2D eigenvalue weighted by Gasteiger charge is 2.18. The molecule has 1 amide bonds. The van der Waals surface area contributed by atoms with Crippen molar-refractivity contribution in [3.8, 4) is 5.69 Å². The lowest BCUT2D eigenvalue weighted by atomic mass is 10.1. The molecule has 4 rings (SSSR count). The summed E-state index contributed by atoms with van der Waals surface area (Å²) >= 11 is 1.31. The van der Waals surface area contributed by atoms with Gasteiger partial charge in [-0.3, -0.25) is 24.3 Å². The molecule has 0 aliphatic carbocycles. The fourth-order valence-corrected chi connectivity index (χ4v) is 4.76. The number of hydrogen-bond donors (Lipinski definition) is 0. The molecule has 0 atom stereocenters. The summed E-state index contributed by atoms with van der Waals surface area (Å²) in [5, 5.41) is 12.0. The second kappa shape index (κ2) is 10.5. The van der Waals surface area contributed by atoms with Gasteiger partial charge >= 0.3 is 0 Å². The van der Waals surface area contributed by atoms with Crippen molar-refractivity contribution in [3.05, 3.63) is 104 Å². The highest BCUT2D eigenvalue weighted by Crippen LogP contribution is 2.26. The normalized spacial score (nSPS) is 10.9. The predicted molar refractivity (Wildman–Crippen MR) is 137 cm³/mol. The number of amides is 1. The van der Waals surface area contributed by atoms with Gasteiger partial charge in [-0.25, -0.2) is 4.98 Å². The molecule has 178 valence electrons. The number of fused-ring (bicyclic) bond motifs is 1. The van der Waals surface area contributed by atoms with E-state index in [0.717, 1.165) is 5.56 Å². The molecular weight excluding hydrogens is 464 g/mol. The summed E-state index contributed by atoms with van der Waals surface area (Å²) in [6, 6.07) is 20.6. The van der Waals surface area contributed by atoms with E-state index in [1.54, 1.807) is 35.2 Å². The quantitative estimate of drug-likeness (QED) is 0.149. The molecule has 1 aromatic heterocycles. The summed E-state index contributed by atoms with van der Waals surface area (Å²) in [7, 11) is 0. The van der Waals surface area contributed by atoms with E-state index in [2.05, 4.69) is 0 Å². The maximum atomic E-state index is 13.6. The molecule has 0 aliphatic rings. The van der Waals surface area contributed by atoms with Gasteiger partial charge in [0.1, 0.15) is 0 Å². The zero-order valence-corrected chi connectivity index (χ0v) is 20.2. The Labute approximate surface area is 206 Å². The standard InChI is InChI=1S/C26H24N4O4S/c1-3-28(4-2)24(31)19-13-14-22-23(16-19)27-26(29(25(22)32)20-10-6-5-7-11-20)35-17-18-9-8-12-21(15-18)30(33)34/h5-16H,3-4,17H2,1-2H3. The summed E-state index contributed by atoms with van der Waals surface area (Å²) in [4.78, 5) is 43.6. The Balaban J connectivity index is 1.81. The lowest BCUT2D eigenvalue weighted by Crippen LogP contribution is -2.30. The SMILES string of the molecule is CCN(CC)C(=O)c1ccc2c(=O)n(-c3ccccc3)c(SCc3cccc([N+](=O)[O-])c3)nc2c1. The number of benzene rings is 3. The van der Waals surface area contributed by atoms with E-state index in [9.17, 15) is 19.7 Å². The van der Waals surface area contributed by atoms with E-state index in [1.807, 2.05) is 44.2 Å². The van der Waals surface area contributed by atoms with Crippen LogP contribution in [-0.4, -0.2) is 38.4 Å². The number of nitro groups is 1. The lowest BCUT2D eigenvalue weighted by molar-refractivity contribution is -0.384. The molecule has 0 fully saturated rings. The number of carbonyl (C=O) groups excluding carboxylic acids is 1. The number of para-hydroxylation sites is 1. The second-order valence-corrected chi connectivity index (χ2v) is 8.74. The molecule has 1 heterocycles. The third-order valence-corrected chi connectivity index (χ3v) is 6.65. The van der Waals surface area contributed by atoms with Crippen LogP contribution < -0.4 is 5.56 Å². The highest BCUT2D eigenvalue weighted by molar-refractivity contribution is 7.98. The van der Waals surface area contributed by atoms with Gasteiger partial charge in [0, 0.05) is 36.5 Å². The van der Waals surface area contributed by atoms with Crippen LogP contribution in [0.2, 0.25) is 0 Å². The Morgan fingerprint density at radius 1 is 1.03 bits per heavy atom. The molecule has 0 unspecified atom stereocenters. The van der Waals surface area contributed by atoms with Crippen LogP contribution >= 0.6 is 11.8 Å². The summed E-state index contributed by atoms with van der Waals surface area (Å²) in [5.41, 5.74) is 2.07. The molecule has 8 nitrogen and oxygen atoms in total. The van der Waals surface area contributed by atoms with Crippen LogP contribution in [0.4, 0.5) is 5.69 Å². The first kappa shape index (κ1) is 24.2. The molecular formula is C26H24N4O4S. The van der Waals surface area contributed by atoms with Crippen molar-refractivity contribution >= 4 is 34.3 Å². The molecule has 0 bridgehead atoms. The topological polar surface area (TPSA) is 98.3 Å². The summed E-state index contributed by atoms with van der Waals surface area (Å²) in [6.45, 7) is 5.01. The monoisotopic (exact) mass is 488 g/mol. The van der Waals surface area contributed by atoms with Crippen LogP contribution in [0.25, 0.3) is 16.6 Å². The van der Waals surface area contributed by atoms with Crippen LogP contribution in [0.5, 0.6) is 0 Å². The number of nitrogens with zero attached hydrogens (tertiary/aromatic N) is 4. The zero-order valence-electron chi connectivity index (χ0n) is 19.4. The first-order valence-electron chi connectivity index (χ1n) is 11.2. The van der Waals surface area contributed by atoms with Gasteiger partial charge in [0.2, 0.25) is 0 Å². The fraction of sp³-hybridized carbons (Fsp3) is 0.192. The second-order valence-electron chi connectivity index (χ2n) is 7.80. The molecule has 0 spiro atoms. The number of hydrogen-bond acceptors (Lipinski definition) is 6. The molecule has 0 aliphatic heterocycles. The number of non-ortho nitro benzene ring substituents is 1. The Morgan fingerprint density at radius 3 is 2.46 bits per heavy atom. The molecule has 0 N–H and O–H groups in total. The average molecular weight is 489 g/mol. The van der Waals surface area contributed by atoms with Gasteiger partial charge < -0.3 is 4.90 Å². The maximum Gasteiger partial charge on any atom is 0.269 e. The van der Waals surface area contributed by atoms with Crippen molar-refractivity contribution < 1.29 is 9.72 Å². The molecule has 4 aromatic rings. The van der Waals surface area contributed by atoms with Crippen LogP contribution in [0, 0.1) is 10.1 Å². The Morgan fingerprint density at radius 2 is 1.77 bits per heavy atom. The van der Waals surface area contributed by atoms with Gasteiger partial charge in [0.05, 0.1) is 21.5 Å². The molecule has 3 aromatic carbocycles. The van der Waals surface area contributed by atoms with E-state index >= 15 is 0 Å². The van der Waals surface area contributed by atoms with Crippen molar-refractivity contribution in [2.45, 2.75) is 24.8 Å². The van der Waals surface area contributed by atoms with E-state index in [4.69, 9.17) is 4.98 Å². The first-order valence-corrected chi connectivity index (χ1v) is 12.2. The van der Waals surface area contributed by atoms with Gasteiger partial charge in [-0.2, -0.15) is 0 Å². The van der Waals surface area contributed by atoms with Gasteiger partial charge in [-0.05, 0) is 49.7 Å². The van der Waals surface area contributed by atoms with Gasteiger partial charge in [0.15, 0.2) is 5.16 Å². The smallest absolute Gasteiger partial charge is 0.269 e. The Bertz CT molecular complexity index is 1450. The van der Waals surface area contributed by atoms with Crippen molar-refractivity contribution in [2.75, 3.05) is 13.1 Å². The Hall–Kier alpha value is -3.98. The molecule has 9 heteroatoms. The highest BCUT2D eigenvalue weighted by atomic mass is 32.2. The van der Waals surface area contributed by atoms with E-state index in [-0.39, 0.29) is 17.2 Å². The molecule has 35 heavy (non-hydrogen) atoms. The van der Waals surface area contributed by atoms with Crippen LogP contribution in [0.15, 0.2) is 82.7 Å². The minimum absolute atomic E-state index is 0.00887. The summed E-state index contributed by atoms with van der Waals surface area (Å²) in [6.07, 6.45) is 0. The lowest BCUT2D eigenvalue weighted by Gasteiger charge is -2.19. The van der Waals surface area contributed by atoms with Crippen molar-refractivity contribution in [1.82, 2.24) is 14.5 Å². The van der Waals surface area contributed by atoms with Crippen molar-refractivity contribution in [2.24, 2.45) is 0 Å². The molecule has 0 radical (unpaired) electrons. The van der Waals surface area contributed by atoms with E-state index in [0.29, 0.717) is 46.2 Å². The molecule has 0 saturated carbocycles. The van der Waals surface area contributed by atoms with E-state index in [1.165, 1.54) is 28.5 Å². The number of carbonyl (C=O) groups is 1. The first-order chi connectivity index (χ1) is 16.9. The van der Waals surface area contributed by atoms with Gasteiger partial charge in [-0.1, -0.05) is 42.1 Å². The number of thioether (sulfide) groups is 1. The van der Waals surface area contributed by atoms with Crippen molar-refractivity contribution in [3.63, 3.8) is 0 Å². The minimum atomic E-state index is -0.434. The molecule has 0 saturated heterocycles. The van der Waals surface area contributed by atoms with Gasteiger partial charge in [-0.15, -0.1) is 0 Å². The average Bonchev–Trinajstić information content (AvgIpc) is 2.88. The van der Waals surface area contributed by atoms with Crippen molar-refractivity contribution in [1.29, 1.82) is 0 Å². The fourth-order valence-electron chi connectivity index (χ4n) is 3.80. The Kier molecular flexibility index (Phi) is 7.26.